The Balaban J connectivity index is 1.62. The van der Waals surface area contributed by atoms with Crippen LogP contribution in [-0.2, 0) is 34.1 Å². The lowest BCUT2D eigenvalue weighted by molar-refractivity contribution is 0.0670. The van der Waals surface area contributed by atoms with Crippen molar-refractivity contribution in [3.05, 3.63) is 80.5 Å². The number of nitrogens with zero attached hydrogens (tertiary/aromatic N) is 1. The van der Waals surface area contributed by atoms with E-state index in [1.807, 2.05) is 47.5 Å². The molecule has 1 unspecified atom stereocenters. The number of methoxy groups -OCH3 is 1. The summed E-state index contributed by atoms with van der Waals surface area (Å²) < 4.78 is 39.0. The van der Waals surface area contributed by atoms with Gasteiger partial charge in [-0.25, -0.2) is 13.1 Å². The zero-order chi connectivity index (χ0) is 26.4. The number of amides is 1. The fourth-order valence-corrected chi connectivity index (χ4v) is 6.48. The fraction of sp³-hybridized carbons (Fsp3) is 0.370. The Labute approximate surface area is 227 Å². The van der Waals surface area contributed by atoms with Crippen molar-refractivity contribution >= 4 is 38.9 Å². The van der Waals surface area contributed by atoms with Crippen LogP contribution in [0.15, 0.2) is 58.8 Å². The number of carbonyl (C=O) groups is 1. The minimum atomic E-state index is -3.57. The van der Waals surface area contributed by atoms with Crippen molar-refractivity contribution in [1.82, 2.24) is 9.62 Å². The summed E-state index contributed by atoms with van der Waals surface area (Å²) in [6.45, 7) is 3.43. The topological polar surface area (TPSA) is 84.9 Å². The molecule has 1 N–H and O–H groups in total. The summed E-state index contributed by atoms with van der Waals surface area (Å²) >= 11 is 7.72. The van der Waals surface area contributed by atoms with Crippen LogP contribution in [0.3, 0.4) is 0 Å². The monoisotopic (exact) mass is 562 g/mol. The van der Waals surface area contributed by atoms with E-state index in [1.165, 1.54) is 11.3 Å². The number of rotatable bonds is 12. The summed E-state index contributed by atoms with van der Waals surface area (Å²) in [5.74, 6) is 0.574. The van der Waals surface area contributed by atoms with Gasteiger partial charge in [-0.05, 0) is 72.2 Å². The van der Waals surface area contributed by atoms with Crippen molar-refractivity contribution in [2.45, 2.75) is 43.7 Å². The molecule has 10 heteroatoms. The molecule has 1 atom stereocenters. The second-order valence-corrected chi connectivity index (χ2v) is 12.0. The Morgan fingerprint density at radius 3 is 2.68 bits per heavy atom. The Bertz CT molecular complexity index is 1330. The third-order valence-electron chi connectivity index (χ3n) is 6.28. The molecule has 2 aromatic carbocycles. The van der Waals surface area contributed by atoms with Gasteiger partial charge in [0, 0.05) is 30.3 Å². The highest BCUT2D eigenvalue weighted by atomic mass is 35.5. The van der Waals surface area contributed by atoms with E-state index in [9.17, 15) is 13.2 Å². The Morgan fingerprint density at radius 1 is 1.14 bits per heavy atom. The van der Waals surface area contributed by atoms with E-state index in [1.54, 1.807) is 25.3 Å². The van der Waals surface area contributed by atoms with Gasteiger partial charge in [0.25, 0.3) is 5.91 Å². The van der Waals surface area contributed by atoms with E-state index in [2.05, 4.69) is 4.72 Å². The van der Waals surface area contributed by atoms with Crippen LogP contribution >= 0.6 is 22.9 Å². The van der Waals surface area contributed by atoms with Gasteiger partial charge in [-0.2, -0.15) is 0 Å². The number of benzene rings is 2. The van der Waals surface area contributed by atoms with E-state index < -0.39 is 10.0 Å². The van der Waals surface area contributed by atoms with Crippen LogP contribution in [0, 0.1) is 0 Å². The van der Waals surface area contributed by atoms with Crippen LogP contribution in [0.4, 0.5) is 0 Å². The largest absolute Gasteiger partial charge is 0.491 e. The van der Waals surface area contributed by atoms with Gasteiger partial charge >= 0.3 is 0 Å². The maximum absolute atomic E-state index is 13.7. The van der Waals surface area contributed by atoms with Crippen LogP contribution in [0.5, 0.6) is 5.75 Å². The third kappa shape index (κ3) is 6.72. The first-order valence-electron chi connectivity index (χ1n) is 12.2. The zero-order valence-corrected chi connectivity index (χ0v) is 23.3. The molecule has 1 aromatic heterocycles. The molecule has 198 valence electrons. The van der Waals surface area contributed by atoms with E-state index in [0.717, 1.165) is 16.7 Å². The molecular weight excluding hydrogens is 532 g/mol. The molecule has 0 fully saturated rings. The van der Waals surface area contributed by atoms with E-state index in [0.29, 0.717) is 61.2 Å². The zero-order valence-electron chi connectivity index (χ0n) is 20.9. The normalized spacial score (nSPS) is 14.9. The minimum Gasteiger partial charge on any atom is -0.491 e. The minimum absolute atomic E-state index is 0.0759. The lowest BCUT2D eigenvalue weighted by Gasteiger charge is -2.29. The van der Waals surface area contributed by atoms with Gasteiger partial charge < -0.3 is 14.4 Å². The molecule has 0 spiro atoms. The number of thiophene rings is 1. The highest BCUT2D eigenvalue weighted by Crippen LogP contribution is 2.32. The molecule has 1 aliphatic carbocycles. The standard InChI is InChI=1S/C27H31ClN2O5S2/c1-3-10-29-37(32,33)24-8-6-19-15-23(16-20(19)17-24)30(27(31)26-5-4-13-36-26)18-21-14-22(28)7-9-25(21)35-12-11-34-2/h4-9,13-14,17,23,29H,3,10-12,15-16,18H2,1-2H3. The van der Waals surface area contributed by atoms with Crippen molar-refractivity contribution < 1.29 is 22.7 Å². The lowest BCUT2D eigenvalue weighted by atomic mass is 10.1. The predicted molar refractivity (Wildman–Crippen MR) is 146 cm³/mol. The summed E-state index contributed by atoms with van der Waals surface area (Å²) in [6, 6.07) is 14.2. The van der Waals surface area contributed by atoms with Crippen molar-refractivity contribution in [3.63, 3.8) is 0 Å². The second-order valence-electron chi connectivity index (χ2n) is 8.89. The van der Waals surface area contributed by atoms with Crippen molar-refractivity contribution in [1.29, 1.82) is 0 Å². The van der Waals surface area contributed by atoms with E-state index in [4.69, 9.17) is 21.1 Å². The molecule has 0 radical (unpaired) electrons. The molecule has 0 aliphatic heterocycles. The smallest absolute Gasteiger partial charge is 0.264 e. The average Bonchev–Trinajstić information content (AvgIpc) is 3.57. The summed E-state index contributed by atoms with van der Waals surface area (Å²) in [7, 11) is -1.96. The van der Waals surface area contributed by atoms with E-state index >= 15 is 0 Å². The SMILES string of the molecule is CCCNS(=O)(=O)c1ccc2c(c1)CC(N(Cc1cc(Cl)ccc1OCCOC)C(=O)c1cccs1)C2. The molecule has 0 saturated carbocycles. The average molecular weight is 563 g/mol. The molecule has 1 heterocycles. The van der Waals surface area contributed by atoms with Crippen molar-refractivity contribution in [2.24, 2.45) is 0 Å². The maximum Gasteiger partial charge on any atom is 0.264 e. The van der Waals surface area contributed by atoms with Crippen LogP contribution in [0.1, 0.15) is 39.7 Å². The number of ether oxygens (including phenoxy) is 2. The van der Waals surface area contributed by atoms with Crippen LogP contribution in [0.25, 0.3) is 0 Å². The molecule has 4 rings (SSSR count). The molecule has 0 saturated heterocycles. The van der Waals surface area contributed by atoms with E-state index in [-0.39, 0.29) is 16.8 Å². The number of halogens is 1. The number of sulfonamides is 1. The van der Waals surface area contributed by atoms with Crippen LogP contribution in [0.2, 0.25) is 5.02 Å². The van der Waals surface area contributed by atoms with Crippen molar-refractivity contribution in [2.75, 3.05) is 26.9 Å². The molecule has 37 heavy (non-hydrogen) atoms. The van der Waals surface area contributed by atoms with Gasteiger partial charge in [0.05, 0.1) is 22.9 Å². The number of fused-ring (bicyclic) bond motifs is 1. The summed E-state index contributed by atoms with van der Waals surface area (Å²) in [6.07, 6.45) is 1.91. The Kier molecular flexibility index (Phi) is 9.26. The van der Waals surface area contributed by atoms with Gasteiger partial charge in [-0.3, -0.25) is 4.79 Å². The Hall–Kier alpha value is -2.43. The van der Waals surface area contributed by atoms with Gasteiger partial charge in [0.1, 0.15) is 12.4 Å². The number of nitrogens with one attached hydrogen (secondary N) is 1. The fourth-order valence-electron chi connectivity index (χ4n) is 4.42. The number of hydrogen-bond donors (Lipinski definition) is 1. The first-order valence-corrected chi connectivity index (χ1v) is 14.9. The molecule has 0 bridgehead atoms. The number of hydrogen-bond acceptors (Lipinski definition) is 6. The highest BCUT2D eigenvalue weighted by Gasteiger charge is 2.32. The van der Waals surface area contributed by atoms with Crippen LogP contribution in [-0.4, -0.2) is 52.1 Å². The maximum atomic E-state index is 13.7. The summed E-state index contributed by atoms with van der Waals surface area (Å²) in [5.41, 5.74) is 2.79. The van der Waals surface area contributed by atoms with Crippen molar-refractivity contribution in [3.8, 4) is 5.75 Å². The molecule has 3 aromatic rings. The predicted octanol–water partition coefficient (Wildman–Crippen LogP) is 4.92. The first kappa shape index (κ1) is 27.6. The summed E-state index contributed by atoms with van der Waals surface area (Å²) in [4.78, 5) is 16.4. The molecule has 1 aliphatic rings. The van der Waals surface area contributed by atoms with Crippen LogP contribution < -0.4 is 9.46 Å². The molecular formula is C27H31ClN2O5S2. The highest BCUT2D eigenvalue weighted by molar-refractivity contribution is 7.89. The Morgan fingerprint density at radius 2 is 1.95 bits per heavy atom. The van der Waals surface area contributed by atoms with Gasteiger partial charge in [-0.1, -0.05) is 30.7 Å². The quantitative estimate of drug-likeness (QED) is 0.317. The summed E-state index contributed by atoms with van der Waals surface area (Å²) in [5, 5.41) is 2.44. The van der Waals surface area contributed by atoms with Gasteiger partial charge in [0.15, 0.2) is 0 Å². The lowest BCUT2D eigenvalue weighted by Crippen LogP contribution is -2.40. The van der Waals surface area contributed by atoms with Gasteiger partial charge in [-0.15, -0.1) is 11.3 Å². The first-order chi connectivity index (χ1) is 17.8. The molecule has 7 nitrogen and oxygen atoms in total. The molecule has 1 amide bonds. The second kappa shape index (κ2) is 12.4. The third-order valence-corrected chi connectivity index (χ3v) is 8.83. The van der Waals surface area contributed by atoms with Gasteiger partial charge in [0.2, 0.25) is 10.0 Å². The number of carbonyl (C=O) groups excluding carboxylic acids is 1.